The molecule has 3 rings (SSSR count). The molecular weight excluding hydrogens is 371 g/mol. The second-order valence-electron chi connectivity index (χ2n) is 6.69. The fraction of sp³-hybridized carbons (Fsp3) is 0.350. The van der Waals surface area contributed by atoms with Crippen LogP contribution in [0.1, 0.15) is 31.2 Å². The molecule has 0 radical (unpaired) electrons. The van der Waals surface area contributed by atoms with E-state index in [1.165, 1.54) is 5.56 Å². The summed E-state index contributed by atoms with van der Waals surface area (Å²) in [5, 5.41) is 13.3. The summed E-state index contributed by atoms with van der Waals surface area (Å²) in [6.45, 7) is 3.61. The number of rotatable bonds is 4. The van der Waals surface area contributed by atoms with Crippen LogP contribution >= 0.6 is 23.2 Å². The van der Waals surface area contributed by atoms with Crippen LogP contribution in [0.15, 0.2) is 42.5 Å². The topological polar surface area (TPSA) is 52.6 Å². The van der Waals surface area contributed by atoms with E-state index < -0.39 is 0 Å². The molecule has 1 saturated heterocycles. The third-order valence-corrected chi connectivity index (χ3v) is 5.57. The molecule has 138 valence electrons. The molecule has 26 heavy (non-hydrogen) atoms. The third kappa shape index (κ3) is 4.50. The molecule has 0 saturated carbocycles. The number of phenolic OH excluding ortho intramolecular Hbond substituents is 1. The van der Waals surface area contributed by atoms with Gasteiger partial charge in [-0.3, -0.25) is 9.69 Å². The van der Waals surface area contributed by atoms with Crippen molar-refractivity contribution in [1.29, 1.82) is 0 Å². The average Bonchev–Trinajstić information content (AvgIpc) is 2.65. The molecule has 0 aliphatic carbocycles. The lowest BCUT2D eigenvalue weighted by atomic mass is 9.89. The van der Waals surface area contributed by atoms with Crippen molar-refractivity contribution in [2.75, 3.05) is 18.4 Å². The molecule has 0 spiro atoms. The number of carbonyl (C=O) groups is 1. The van der Waals surface area contributed by atoms with Gasteiger partial charge in [0.2, 0.25) is 5.91 Å². The highest BCUT2D eigenvalue weighted by Crippen LogP contribution is 2.30. The van der Waals surface area contributed by atoms with E-state index in [0.717, 1.165) is 25.9 Å². The zero-order valence-electron chi connectivity index (χ0n) is 14.6. The third-order valence-electron chi connectivity index (χ3n) is 5.01. The Morgan fingerprint density at radius 1 is 1.15 bits per heavy atom. The van der Waals surface area contributed by atoms with E-state index in [4.69, 9.17) is 23.2 Å². The zero-order valence-corrected chi connectivity index (χ0v) is 16.1. The average molecular weight is 393 g/mol. The second kappa shape index (κ2) is 8.30. The SMILES string of the molecule is CC(C(=O)Nc1cc(Cl)ccc1Cl)N1CCC(c2ccc(O)cc2)CC1. The van der Waals surface area contributed by atoms with Gasteiger partial charge in [-0.15, -0.1) is 0 Å². The number of aromatic hydroxyl groups is 1. The predicted octanol–water partition coefficient (Wildman–Crippen LogP) is 4.91. The van der Waals surface area contributed by atoms with Gasteiger partial charge in [-0.05, 0) is 74.7 Å². The van der Waals surface area contributed by atoms with Crippen LogP contribution in [-0.4, -0.2) is 35.0 Å². The monoisotopic (exact) mass is 392 g/mol. The largest absolute Gasteiger partial charge is 0.508 e. The summed E-state index contributed by atoms with van der Waals surface area (Å²) < 4.78 is 0. The molecule has 1 aliphatic heterocycles. The van der Waals surface area contributed by atoms with Gasteiger partial charge in [-0.25, -0.2) is 0 Å². The summed E-state index contributed by atoms with van der Waals surface area (Å²) in [4.78, 5) is 14.8. The molecule has 1 atom stereocenters. The highest BCUT2D eigenvalue weighted by Gasteiger charge is 2.27. The fourth-order valence-electron chi connectivity index (χ4n) is 3.36. The Bertz CT molecular complexity index is 772. The number of piperidine rings is 1. The number of benzene rings is 2. The van der Waals surface area contributed by atoms with Crippen molar-refractivity contribution in [1.82, 2.24) is 4.90 Å². The first-order valence-corrected chi connectivity index (χ1v) is 9.48. The van der Waals surface area contributed by atoms with E-state index in [9.17, 15) is 9.90 Å². The van der Waals surface area contributed by atoms with Gasteiger partial charge >= 0.3 is 0 Å². The van der Waals surface area contributed by atoms with Crippen molar-refractivity contribution in [3.8, 4) is 5.75 Å². The number of phenols is 1. The number of amides is 1. The molecular formula is C20H22Cl2N2O2. The maximum Gasteiger partial charge on any atom is 0.241 e. The lowest BCUT2D eigenvalue weighted by Gasteiger charge is -2.35. The van der Waals surface area contributed by atoms with Gasteiger partial charge in [0.25, 0.3) is 0 Å². The van der Waals surface area contributed by atoms with Crippen LogP contribution in [0.25, 0.3) is 0 Å². The Labute approximate surface area is 163 Å². The number of hydrogen-bond donors (Lipinski definition) is 2. The molecule has 1 fully saturated rings. The van der Waals surface area contributed by atoms with Gasteiger partial charge in [-0.2, -0.15) is 0 Å². The van der Waals surface area contributed by atoms with Crippen molar-refractivity contribution in [2.45, 2.75) is 31.7 Å². The number of likely N-dealkylation sites (tertiary alicyclic amines) is 1. The van der Waals surface area contributed by atoms with Crippen LogP contribution in [0, 0.1) is 0 Å². The lowest BCUT2D eigenvalue weighted by molar-refractivity contribution is -0.121. The van der Waals surface area contributed by atoms with E-state index in [1.807, 2.05) is 19.1 Å². The maximum absolute atomic E-state index is 12.6. The molecule has 2 aromatic carbocycles. The summed E-state index contributed by atoms with van der Waals surface area (Å²) in [7, 11) is 0. The van der Waals surface area contributed by atoms with E-state index >= 15 is 0 Å². The Kier molecular flexibility index (Phi) is 6.07. The van der Waals surface area contributed by atoms with Crippen LogP contribution in [0.4, 0.5) is 5.69 Å². The van der Waals surface area contributed by atoms with Gasteiger partial charge in [0, 0.05) is 5.02 Å². The van der Waals surface area contributed by atoms with Gasteiger partial charge in [0.15, 0.2) is 0 Å². The van der Waals surface area contributed by atoms with Crippen LogP contribution in [-0.2, 0) is 4.79 Å². The number of nitrogens with zero attached hydrogens (tertiary/aromatic N) is 1. The Balaban J connectivity index is 1.57. The summed E-state index contributed by atoms with van der Waals surface area (Å²) in [6, 6.07) is 12.2. The van der Waals surface area contributed by atoms with Crippen molar-refractivity contribution in [3.63, 3.8) is 0 Å². The second-order valence-corrected chi connectivity index (χ2v) is 7.53. The first-order chi connectivity index (χ1) is 12.4. The van der Waals surface area contributed by atoms with Crippen molar-refractivity contribution in [2.24, 2.45) is 0 Å². The van der Waals surface area contributed by atoms with E-state index in [-0.39, 0.29) is 17.7 Å². The number of anilines is 1. The fourth-order valence-corrected chi connectivity index (χ4v) is 3.70. The maximum atomic E-state index is 12.6. The van der Waals surface area contributed by atoms with Crippen LogP contribution < -0.4 is 5.32 Å². The molecule has 2 N–H and O–H groups in total. The highest BCUT2D eigenvalue weighted by atomic mass is 35.5. The van der Waals surface area contributed by atoms with Crippen LogP contribution in [0.5, 0.6) is 5.75 Å². The molecule has 1 aliphatic rings. The number of carbonyl (C=O) groups excluding carboxylic acids is 1. The summed E-state index contributed by atoms with van der Waals surface area (Å²) in [6.07, 6.45) is 1.97. The molecule has 6 heteroatoms. The normalized spacial score (nSPS) is 17.0. The van der Waals surface area contributed by atoms with Crippen molar-refractivity contribution < 1.29 is 9.90 Å². The predicted molar refractivity (Wildman–Crippen MR) is 106 cm³/mol. The zero-order chi connectivity index (χ0) is 18.7. The molecule has 0 aromatic heterocycles. The molecule has 0 bridgehead atoms. The molecule has 1 amide bonds. The minimum absolute atomic E-state index is 0.0859. The van der Waals surface area contributed by atoms with Gasteiger partial charge < -0.3 is 10.4 Å². The van der Waals surface area contributed by atoms with Gasteiger partial charge in [-0.1, -0.05) is 35.3 Å². The number of halogens is 2. The van der Waals surface area contributed by atoms with Crippen molar-refractivity contribution in [3.05, 3.63) is 58.1 Å². The van der Waals surface area contributed by atoms with E-state index in [1.54, 1.807) is 30.3 Å². The standard InChI is InChI=1S/C20H22Cl2N2O2/c1-13(20(26)23-19-12-16(21)4-7-18(19)22)24-10-8-15(9-11-24)14-2-5-17(25)6-3-14/h2-7,12-13,15,25H,8-11H2,1H3,(H,23,26). The van der Waals surface area contributed by atoms with Crippen molar-refractivity contribution >= 4 is 34.8 Å². The molecule has 1 unspecified atom stereocenters. The first-order valence-electron chi connectivity index (χ1n) is 8.73. The summed E-state index contributed by atoms with van der Waals surface area (Å²) in [5.74, 6) is 0.665. The van der Waals surface area contributed by atoms with Crippen LogP contribution in [0.3, 0.4) is 0 Å². The molecule has 2 aromatic rings. The van der Waals surface area contributed by atoms with E-state index in [0.29, 0.717) is 21.7 Å². The summed E-state index contributed by atoms with van der Waals surface area (Å²) >= 11 is 12.1. The Hall–Kier alpha value is -1.75. The van der Waals surface area contributed by atoms with Crippen LogP contribution in [0.2, 0.25) is 10.0 Å². The summed E-state index contributed by atoms with van der Waals surface area (Å²) in [5.41, 5.74) is 1.78. The molecule has 1 heterocycles. The lowest BCUT2D eigenvalue weighted by Crippen LogP contribution is -2.45. The smallest absolute Gasteiger partial charge is 0.241 e. The quantitative estimate of drug-likeness (QED) is 0.777. The van der Waals surface area contributed by atoms with Gasteiger partial charge in [0.1, 0.15) is 5.75 Å². The minimum atomic E-state index is -0.245. The molecule has 4 nitrogen and oxygen atoms in total. The first kappa shape index (κ1) is 19.0. The number of hydrogen-bond acceptors (Lipinski definition) is 3. The Morgan fingerprint density at radius 2 is 1.81 bits per heavy atom. The highest BCUT2D eigenvalue weighted by molar-refractivity contribution is 6.35. The minimum Gasteiger partial charge on any atom is -0.508 e. The Morgan fingerprint density at radius 3 is 2.46 bits per heavy atom. The van der Waals surface area contributed by atoms with Gasteiger partial charge in [0.05, 0.1) is 16.8 Å². The van der Waals surface area contributed by atoms with E-state index in [2.05, 4.69) is 10.2 Å². The number of nitrogens with one attached hydrogen (secondary N) is 1.